The van der Waals surface area contributed by atoms with Crippen LogP contribution in [0.5, 0.6) is 0 Å². The Hall–Kier alpha value is -0.480. The van der Waals surface area contributed by atoms with Gasteiger partial charge in [0.05, 0.1) is 52.9 Å². The minimum absolute atomic E-state index is 0.644. The Morgan fingerprint density at radius 1 is 0.194 bits per heavy atom. The zero-order chi connectivity index (χ0) is 25.5. The smallest absolute Gasteiger partial charge is 0.0701 e. The Bertz CT molecular complexity index is 230. The van der Waals surface area contributed by atoms with E-state index in [1.54, 1.807) is 0 Å². The average Bonchev–Trinajstić information content (AvgIpc) is 2.89. The van der Waals surface area contributed by atoms with Crippen molar-refractivity contribution < 1.29 is 18.9 Å². The van der Waals surface area contributed by atoms with Crippen LogP contribution in [0.4, 0.5) is 0 Å². The van der Waals surface area contributed by atoms with E-state index in [0.29, 0.717) is 52.9 Å². The normalized spacial score (nSPS) is 24.0. The van der Waals surface area contributed by atoms with E-state index < -0.39 is 0 Å². The summed E-state index contributed by atoms with van der Waals surface area (Å²) in [5.74, 6) is 0. The lowest BCUT2D eigenvalue weighted by atomic mass is 10.5. The van der Waals surface area contributed by atoms with Gasteiger partial charge in [0, 0.05) is 105 Å². The van der Waals surface area contributed by atoms with E-state index in [1.807, 2.05) is 0 Å². The highest BCUT2D eigenvalue weighted by molar-refractivity contribution is 4.58. The molecule has 0 aromatic heterocycles. The maximum atomic E-state index is 5.59. The first-order valence-electron chi connectivity index (χ1n) is 14.0. The minimum atomic E-state index is 0.644. The number of nitrogens with one attached hydrogen (secondary N) is 8. The van der Waals surface area contributed by atoms with E-state index in [4.69, 9.17) is 18.9 Å². The summed E-state index contributed by atoms with van der Waals surface area (Å²) in [6.07, 6.45) is 0. The van der Waals surface area contributed by atoms with Crippen molar-refractivity contribution in [2.24, 2.45) is 0 Å². The highest BCUT2D eigenvalue weighted by Gasteiger charge is 1.95. The van der Waals surface area contributed by atoms with E-state index in [1.165, 1.54) is 0 Å². The predicted molar refractivity (Wildman–Crippen MR) is 146 cm³/mol. The van der Waals surface area contributed by atoms with Crippen LogP contribution in [-0.4, -0.2) is 158 Å². The summed E-state index contributed by atoms with van der Waals surface area (Å²) in [6.45, 7) is 20.4. The van der Waals surface area contributed by atoms with Gasteiger partial charge in [0.25, 0.3) is 0 Å². The van der Waals surface area contributed by atoms with Crippen molar-refractivity contribution in [3.05, 3.63) is 0 Å². The molecule has 36 heavy (non-hydrogen) atoms. The van der Waals surface area contributed by atoms with Gasteiger partial charge in [0.15, 0.2) is 0 Å². The van der Waals surface area contributed by atoms with E-state index in [2.05, 4.69) is 42.5 Å². The molecule has 0 spiro atoms. The van der Waals surface area contributed by atoms with Crippen LogP contribution in [0.3, 0.4) is 0 Å². The lowest BCUT2D eigenvalue weighted by Crippen LogP contribution is -2.36. The van der Waals surface area contributed by atoms with Crippen LogP contribution < -0.4 is 42.5 Å². The first-order valence-corrected chi connectivity index (χ1v) is 14.0. The third kappa shape index (κ3) is 28.1. The van der Waals surface area contributed by atoms with Gasteiger partial charge in [-0.1, -0.05) is 0 Å². The number of hydrogen-bond acceptors (Lipinski definition) is 12. The van der Waals surface area contributed by atoms with Crippen molar-refractivity contribution >= 4 is 0 Å². The fourth-order valence-corrected chi connectivity index (χ4v) is 3.28. The molecule has 1 heterocycles. The van der Waals surface area contributed by atoms with Gasteiger partial charge < -0.3 is 61.5 Å². The molecule has 0 saturated carbocycles. The molecule has 0 unspecified atom stereocenters. The quantitative estimate of drug-likeness (QED) is 0.163. The van der Waals surface area contributed by atoms with Gasteiger partial charge in [-0.15, -0.1) is 0 Å². The average molecular weight is 521 g/mol. The van der Waals surface area contributed by atoms with Gasteiger partial charge in [-0.25, -0.2) is 0 Å². The van der Waals surface area contributed by atoms with Crippen molar-refractivity contribution in [3.8, 4) is 0 Å². The second kappa shape index (κ2) is 30.7. The van der Waals surface area contributed by atoms with Crippen molar-refractivity contribution in [1.29, 1.82) is 0 Å². The topological polar surface area (TPSA) is 133 Å². The fourth-order valence-electron chi connectivity index (χ4n) is 3.28. The molecule has 216 valence electrons. The molecule has 0 radical (unpaired) electrons. The zero-order valence-corrected chi connectivity index (χ0v) is 22.6. The summed E-state index contributed by atoms with van der Waals surface area (Å²) in [5.41, 5.74) is 0. The summed E-state index contributed by atoms with van der Waals surface area (Å²) in [5, 5.41) is 27.3. The summed E-state index contributed by atoms with van der Waals surface area (Å²) in [6, 6.07) is 0. The summed E-state index contributed by atoms with van der Waals surface area (Å²) in [4.78, 5) is 0. The van der Waals surface area contributed by atoms with Crippen molar-refractivity contribution in [3.63, 3.8) is 0 Å². The molecule has 8 N–H and O–H groups in total. The molecular weight excluding hydrogens is 464 g/mol. The van der Waals surface area contributed by atoms with E-state index in [9.17, 15) is 0 Å². The zero-order valence-electron chi connectivity index (χ0n) is 22.6. The number of hydrogen-bond donors (Lipinski definition) is 8. The second-order valence-corrected chi connectivity index (χ2v) is 8.45. The Morgan fingerprint density at radius 2 is 0.361 bits per heavy atom. The molecule has 0 amide bonds. The molecular formula is C24H56N8O4. The van der Waals surface area contributed by atoms with Gasteiger partial charge in [-0.05, 0) is 0 Å². The van der Waals surface area contributed by atoms with Gasteiger partial charge in [0.1, 0.15) is 0 Å². The molecule has 1 saturated heterocycles. The van der Waals surface area contributed by atoms with Crippen molar-refractivity contribution in [1.82, 2.24) is 42.5 Å². The van der Waals surface area contributed by atoms with Gasteiger partial charge in [-0.2, -0.15) is 0 Å². The molecule has 1 fully saturated rings. The molecule has 0 aromatic rings. The van der Waals surface area contributed by atoms with Crippen LogP contribution in [0, 0.1) is 0 Å². The summed E-state index contributed by atoms with van der Waals surface area (Å²) >= 11 is 0. The highest BCUT2D eigenvalue weighted by Crippen LogP contribution is 1.79. The van der Waals surface area contributed by atoms with E-state index in [-0.39, 0.29) is 0 Å². The van der Waals surface area contributed by atoms with Crippen molar-refractivity contribution in [2.75, 3.05) is 158 Å². The van der Waals surface area contributed by atoms with Crippen LogP contribution in [0.25, 0.3) is 0 Å². The molecule has 0 aliphatic carbocycles. The maximum absolute atomic E-state index is 5.59. The maximum Gasteiger partial charge on any atom is 0.0701 e. The van der Waals surface area contributed by atoms with Crippen LogP contribution in [0.15, 0.2) is 0 Å². The van der Waals surface area contributed by atoms with Crippen molar-refractivity contribution in [2.45, 2.75) is 0 Å². The Morgan fingerprint density at radius 3 is 0.556 bits per heavy atom. The lowest BCUT2D eigenvalue weighted by Gasteiger charge is -2.10. The monoisotopic (exact) mass is 520 g/mol. The predicted octanol–water partition coefficient (Wildman–Crippen LogP) is -3.22. The molecule has 0 bridgehead atoms. The molecule has 12 nitrogen and oxygen atoms in total. The van der Waals surface area contributed by atoms with Crippen LogP contribution in [-0.2, 0) is 18.9 Å². The van der Waals surface area contributed by atoms with Gasteiger partial charge >= 0.3 is 0 Å². The third-order valence-corrected chi connectivity index (χ3v) is 5.31. The molecule has 1 aliphatic rings. The molecule has 0 aromatic carbocycles. The van der Waals surface area contributed by atoms with Crippen LogP contribution >= 0.6 is 0 Å². The standard InChI is InChI=1S/C24H56N8O4/c1-2-26-6-10-30-14-18-34-23-24-36-20-16-32-12-8-28-4-3-27-7-11-31-15-19-35-22-21-33-17-13-29-9-5-25-1/h25-32H,1-24H2. The molecule has 12 heteroatoms. The van der Waals surface area contributed by atoms with Crippen LogP contribution in [0.2, 0.25) is 0 Å². The molecule has 0 atom stereocenters. The SMILES string of the molecule is C1CNCCNCCOCCOCCNCCNCCNCCNCCOCCOCCNCCN1. The van der Waals surface area contributed by atoms with E-state index in [0.717, 1.165) is 105 Å². The van der Waals surface area contributed by atoms with Crippen LogP contribution in [0.1, 0.15) is 0 Å². The molecule has 1 aliphatic heterocycles. The third-order valence-electron chi connectivity index (χ3n) is 5.31. The first-order chi connectivity index (χ1) is 18.0. The summed E-state index contributed by atoms with van der Waals surface area (Å²) in [7, 11) is 0. The number of ether oxygens (including phenoxy) is 4. The first kappa shape index (κ1) is 33.5. The number of rotatable bonds is 0. The Balaban J connectivity index is 2.00. The minimum Gasteiger partial charge on any atom is -0.378 e. The van der Waals surface area contributed by atoms with E-state index >= 15 is 0 Å². The Kier molecular flexibility index (Phi) is 28.6. The second-order valence-electron chi connectivity index (χ2n) is 8.45. The highest BCUT2D eigenvalue weighted by atomic mass is 16.5. The summed E-state index contributed by atoms with van der Waals surface area (Å²) < 4.78 is 22.4. The lowest BCUT2D eigenvalue weighted by molar-refractivity contribution is 0.0500. The van der Waals surface area contributed by atoms with Gasteiger partial charge in [-0.3, -0.25) is 0 Å². The van der Waals surface area contributed by atoms with Gasteiger partial charge in [0.2, 0.25) is 0 Å². The largest absolute Gasteiger partial charge is 0.378 e. The molecule has 1 rings (SSSR count). The fraction of sp³-hybridized carbons (Fsp3) is 1.00. The Labute approximate surface area is 219 Å².